The predicted molar refractivity (Wildman–Crippen MR) is 116 cm³/mol. The highest BCUT2D eigenvalue weighted by Gasteiger charge is 2.43. The molecule has 160 valence electrons. The number of fused-ring (bicyclic) bond motifs is 2. The number of piperidine rings is 1. The molecule has 2 aliphatic rings. The Morgan fingerprint density at radius 1 is 1.23 bits per heavy atom. The van der Waals surface area contributed by atoms with Crippen LogP contribution in [0.2, 0.25) is 0 Å². The van der Waals surface area contributed by atoms with Crippen molar-refractivity contribution in [3.8, 4) is 11.5 Å². The van der Waals surface area contributed by atoms with Crippen molar-refractivity contribution in [2.75, 3.05) is 25.9 Å². The van der Waals surface area contributed by atoms with E-state index in [4.69, 9.17) is 15.2 Å². The maximum atomic E-state index is 13.3. The van der Waals surface area contributed by atoms with Gasteiger partial charge in [0.25, 0.3) is 11.8 Å². The van der Waals surface area contributed by atoms with E-state index in [1.807, 2.05) is 25.1 Å². The Balaban J connectivity index is 1.36. The second kappa shape index (κ2) is 6.94. The van der Waals surface area contributed by atoms with Crippen LogP contribution in [0.1, 0.15) is 39.3 Å². The summed E-state index contributed by atoms with van der Waals surface area (Å²) in [6, 6.07) is 10.8. The van der Waals surface area contributed by atoms with Crippen molar-refractivity contribution < 1.29 is 19.1 Å². The minimum Gasteiger partial charge on any atom is -0.495 e. The van der Waals surface area contributed by atoms with Crippen LogP contribution in [0.15, 0.2) is 36.4 Å². The third-order valence-corrected chi connectivity index (χ3v) is 6.24. The van der Waals surface area contributed by atoms with Crippen molar-refractivity contribution in [1.29, 1.82) is 0 Å². The Hall–Kier alpha value is -3.68. The summed E-state index contributed by atoms with van der Waals surface area (Å²) in [6.45, 7) is 2.87. The summed E-state index contributed by atoms with van der Waals surface area (Å²) in [6.07, 6.45) is 0.994. The molecule has 0 atom stereocenters. The lowest BCUT2D eigenvalue weighted by molar-refractivity contribution is -0.0246. The first-order chi connectivity index (χ1) is 14.9. The summed E-state index contributed by atoms with van der Waals surface area (Å²) in [5.41, 5.74) is 8.20. The average molecular weight is 420 g/mol. The molecule has 0 radical (unpaired) electrons. The predicted octanol–water partition coefficient (Wildman–Crippen LogP) is 2.82. The van der Waals surface area contributed by atoms with Crippen molar-refractivity contribution in [2.45, 2.75) is 25.5 Å². The van der Waals surface area contributed by atoms with Gasteiger partial charge in [0.1, 0.15) is 17.2 Å². The quantitative estimate of drug-likeness (QED) is 0.552. The highest BCUT2D eigenvalue weighted by Crippen LogP contribution is 2.35. The van der Waals surface area contributed by atoms with Crippen LogP contribution in [-0.2, 0) is 0 Å². The zero-order valence-electron chi connectivity index (χ0n) is 17.5. The van der Waals surface area contributed by atoms with Crippen LogP contribution < -0.4 is 20.5 Å². The van der Waals surface area contributed by atoms with Crippen LogP contribution in [0, 0.1) is 6.92 Å². The molecule has 1 saturated heterocycles. The number of aryl methyl sites for hydroxylation is 1. The molecule has 4 N–H and O–H groups in total. The lowest BCUT2D eigenvalue weighted by atomic mass is 9.96. The number of likely N-dealkylation sites (tertiary alicyclic amines) is 1. The van der Waals surface area contributed by atoms with Crippen molar-refractivity contribution in [1.82, 2.24) is 15.2 Å². The van der Waals surface area contributed by atoms with E-state index in [0.29, 0.717) is 54.4 Å². The summed E-state index contributed by atoms with van der Waals surface area (Å²) in [4.78, 5) is 30.9. The maximum Gasteiger partial charge on any atom is 0.270 e. The fraction of sp³-hybridized carbons (Fsp3) is 0.304. The summed E-state index contributed by atoms with van der Waals surface area (Å²) in [5, 5.41) is 3.95. The molecule has 2 aromatic carbocycles. The number of aromatic amines is 1. The Morgan fingerprint density at radius 2 is 2.00 bits per heavy atom. The molecule has 0 bridgehead atoms. The average Bonchev–Trinajstić information content (AvgIpc) is 3.11. The van der Waals surface area contributed by atoms with Crippen LogP contribution in [0.5, 0.6) is 11.5 Å². The minimum absolute atomic E-state index is 0.0686. The number of benzene rings is 2. The van der Waals surface area contributed by atoms with Gasteiger partial charge in [-0.1, -0.05) is 12.1 Å². The Bertz CT molecular complexity index is 1210. The molecule has 31 heavy (non-hydrogen) atoms. The van der Waals surface area contributed by atoms with Gasteiger partial charge in [-0.15, -0.1) is 0 Å². The van der Waals surface area contributed by atoms with Gasteiger partial charge in [0, 0.05) is 37.0 Å². The van der Waals surface area contributed by atoms with Crippen LogP contribution >= 0.6 is 0 Å². The smallest absolute Gasteiger partial charge is 0.270 e. The van der Waals surface area contributed by atoms with Gasteiger partial charge in [0.15, 0.2) is 5.72 Å². The van der Waals surface area contributed by atoms with Crippen LogP contribution in [0.3, 0.4) is 0 Å². The van der Waals surface area contributed by atoms with Crippen molar-refractivity contribution >= 4 is 28.4 Å². The van der Waals surface area contributed by atoms with Crippen LogP contribution in [-0.4, -0.2) is 47.6 Å². The number of anilines is 1. The highest BCUT2D eigenvalue weighted by atomic mass is 16.5. The van der Waals surface area contributed by atoms with E-state index in [-0.39, 0.29) is 11.8 Å². The molecule has 3 heterocycles. The third kappa shape index (κ3) is 3.06. The van der Waals surface area contributed by atoms with Gasteiger partial charge in [-0.05, 0) is 36.8 Å². The third-order valence-electron chi connectivity index (χ3n) is 6.24. The normalized spacial score (nSPS) is 17.2. The fourth-order valence-electron chi connectivity index (χ4n) is 4.49. The monoisotopic (exact) mass is 420 g/mol. The van der Waals surface area contributed by atoms with Crippen molar-refractivity contribution in [3.63, 3.8) is 0 Å². The molecule has 0 unspecified atom stereocenters. The van der Waals surface area contributed by atoms with Gasteiger partial charge < -0.3 is 30.4 Å². The number of amides is 2. The number of ether oxygens (including phenoxy) is 2. The number of nitrogens with two attached hydrogens (primary N) is 1. The topological polar surface area (TPSA) is 110 Å². The summed E-state index contributed by atoms with van der Waals surface area (Å²) in [5.74, 6) is 0.957. The van der Waals surface area contributed by atoms with Gasteiger partial charge in [-0.25, -0.2) is 0 Å². The van der Waals surface area contributed by atoms with Gasteiger partial charge in [0.05, 0.1) is 18.2 Å². The van der Waals surface area contributed by atoms with E-state index in [0.717, 1.165) is 16.5 Å². The fourth-order valence-corrected chi connectivity index (χ4v) is 4.49. The SMILES string of the molecule is COc1cccc2c(C)c(C(=O)N3CCC4(CC3)NC(=O)c3cc(N)ccc3O4)[nH]c12. The number of nitrogen functional groups attached to an aromatic ring is 1. The minimum atomic E-state index is -0.810. The van der Waals surface area contributed by atoms with Crippen molar-refractivity contribution in [3.05, 3.63) is 53.2 Å². The number of methoxy groups -OCH3 is 1. The Morgan fingerprint density at radius 3 is 2.74 bits per heavy atom. The lowest BCUT2D eigenvalue weighted by Gasteiger charge is -2.44. The molecular weight excluding hydrogens is 396 g/mol. The lowest BCUT2D eigenvalue weighted by Crippen LogP contribution is -2.61. The summed E-state index contributed by atoms with van der Waals surface area (Å²) in [7, 11) is 1.61. The molecule has 2 amide bonds. The second-order valence-corrected chi connectivity index (χ2v) is 8.11. The molecule has 2 aliphatic heterocycles. The molecule has 1 fully saturated rings. The van der Waals surface area contributed by atoms with Gasteiger partial charge in [-0.3, -0.25) is 9.59 Å². The van der Waals surface area contributed by atoms with Gasteiger partial charge in [-0.2, -0.15) is 0 Å². The van der Waals surface area contributed by atoms with E-state index < -0.39 is 5.72 Å². The number of aromatic nitrogens is 1. The van der Waals surface area contributed by atoms with E-state index in [2.05, 4.69) is 10.3 Å². The first kappa shape index (κ1) is 19.3. The van der Waals surface area contributed by atoms with Gasteiger partial charge in [0.2, 0.25) is 0 Å². The maximum absolute atomic E-state index is 13.3. The molecule has 5 rings (SSSR count). The first-order valence-electron chi connectivity index (χ1n) is 10.3. The van der Waals surface area contributed by atoms with E-state index >= 15 is 0 Å². The number of H-pyrrole nitrogens is 1. The highest BCUT2D eigenvalue weighted by molar-refractivity contribution is 6.02. The van der Waals surface area contributed by atoms with Crippen LogP contribution in [0.25, 0.3) is 10.9 Å². The number of carbonyl (C=O) groups excluding carboxylic acids is 2. The molecule has 3 aromatic rings. The number of hydrogen-bond donors (Lipinski definition) is 3. The first-order valence-corrected chi connectivity index (χ1v) is 10.3. The van der Waals surface area contributed by atoms with Crippen LogP contribution in [0.4, 0.5) is 5.69 Å². The Labute approximate surface area is 179 Å². The second-order valence-electron chi connectivity index (χ2n) is 8.11. The van der Waals surface area contributed by atoms with E-state index in [1.54, 1.807) is 30.2 Å². The summed E-state index contributed by atoms with van der Waals surface area (Å²) < 4.78 is 11.6. The van der Waals surface area contributed by atoms with Gasteiger partial charge >= 0.3 is 0 Å². The number of nitrogens with zero attached hydrogens (tertiary/aromatic N) is 1. The molecule has 8 nitrogen and oxygen atoms in total. The standard InChI is InChI=1S/C23H24N4O4/c1-13-15-4-3-5-18(30-2)20(15)25-19(13)22(29)27-10-8-23(9-11-27)26-21(28)16-12-14(24)6-7-17(16)31-23/h3-7,12,25H,8-11,24H2,1-2H3,(H,26,28). The number of para-hydroxylation sites is 1. The molecular formula is C23H24N4O4. The number of nitrogens with one attached hydrogen (secondary N) is 2. The molecule has 1 spiro atoms. The number of carbonyl (C=O) groups is 2. The zero-order valence-corrected chi connectivity index (χ0v) is 17.5. The summed E-state index contributed by atoms with van der Waals surface area (Å²) >= 11 is 0. The number of rotatable bonds is 2. The largest absolute Gasteiger partial charge is 0.495 e. The van der Waals surface area contributed by atoms with Crippen molar-refractivity contribution in [2.24, 2.45) is 0 Å². The Kier molecular flexibility index (Phi) is 4.32. The zero-order chi connectivity index (χ0) is 21.8. The molecule has 0 aliphatic carbocycles. The molecule has 8 heteroatoms. The molecule has 1 aromatic heterocycles. The van der Waals surface area contributed by atoms with E-state index in [9.17, 15) is 9.59 Å². The molecule has 0 saturated carbocycles. The van der Waals surface area contributed by atoms with E-state index in [1.165, 1.54) is 0 Å². The number of hydrogen-bond acceptors (Lipinski definition) is 5.